The van der Waals surface area contributed by atoms with Crippen LogP contribution in [0.25, 0.3) is 0 Å². The van der Waals surface area contributed by atoms with Gasteiger partial charge in [-0.05, 0) is 37.5 Å². The third kappa shape index (κ3) is 2.34. The molecule has 5 heteroatoms. The monoisotopic (exact) mass is 248 g/mol. The Balaban J connectivity index is 2.27. The lowest BCUT2D eigenvalue weighted by Crippen LogP contribution is -2.48. The number of hydrogen-bond acceptors (Lipinski definition) is 4. The number of piperidine rings is 1. The van der Waals surface area contributed by atoms with Crippen molar-refractivity contribution in [3.05, 3.63) is 18.2 Å². The van der Waals surface area contributed by atoms with E-state index in [9.17, 15) is 4.79 Å². The van der Waals surface area contributed by atoms with Gasteiger partial charge in [0.25, 0.3) is 0 Å². The van der Waals surface area contributed by atoms with E-state index >= 15 is 0 Å². The van der Waals surface area contributed by atoms with Gasteiger partial charge in [0, 0.05) is 19.3 Å². The molecule has 1 saturated heterocycles. The van der Waals surface area contributed by atoms with Crippen molar-refractivity contribution in [2.45, 2.75) is 25.3 Å². The molecule has 1 atom stereocenters. The summed E-state index contributed by atoms with van der Waals surface area (Å²) in [5, 5.41) is 2.72. The van der Waals surface area contributed by atoms with Crippen molar-refractivity contribution in [2.24, 2.45) is 0 Å². The average Bonchev–Trinajstić information content (AvgIpc) is 2.41. The lowest BCUT2D eigenvalue weighted by Gasteiger charge is -2.36. The Morgan fingerprint density at radius 1 is 1.33 bits per heavy atom. The summed E-state index contributed by atoms with van der Waals surface area (Å²) in [4.78, 5) is 14.0. The van der Waals surface area contributed by atoms with E-state index in [0.29, 0.717) is 11.4 Å². The number of nitrogens with one attached hydrogen (secondary N) is 1. The molecule has 0 saturated carbocycles. The van der Waals surface area contributed by atoms with Crippen molar-refractivity contribution in [1.29, 1.82) is 0 Å². The van der Waals surface area contributed by atoms with E-state index < -0.39 is 0 Å². The SMILES string of the molecule is CNC(=O)C1CCCCN1c1ccc(N)c(N)c1. The summed E-state index contributed by atoms with van der Waals surface area (Å²) >= 11 is 0. The maximum Gasteiger partial charge on any atom is 0.242 e. The Hall–Kier alpha value is -1.91. The van der Waals surface area contributed by atoms with Gasteiger partial charge in [-0.1, -0.05) is 0 Å². The molecule has 1 aromatic rings. The molecule has 1 aliphatic heterocycles. The van der Waals surface area contributed by atoms with Crippen LogP contribution in [0.5, 0.6) is 0 Å². The summed E-state index contributed by atoms with van der Waals surface area (Å²) in [5.74, 6) is 0.0603. The number of nitrogen functional groups attached to an aromatic ring is 2. The first-order valence-electron chi connectivity index (χ1n) is 6.26. The van der Waals surface area contributed by atoms with Gasteiger partial charge in [0.1, 0.15) is 6.04 Å². The third-order valence-corrected chi connectivity index (χ3v) is 3.45. The summed E-state index contributed by atoms with van der Waals surface area (Å²) in [6.07, 6.45) is 3.06. The molecule has 1 aliphatic rings. The fraction of sp³-hybridized carbons (Fsp3) is 0.462. The summed E-state index contributed by atoms with van der Waals surface area (Å²) in [5.41, 5.74) is 13.7. The Bertz CT molecular complexity index is 447. The van der Waals surface area contributed by atoms with E-state index in [1.54, 1.807) is 13.1 Å². The van der Waals surface area contributed by atoms with Gasteiger partial charge in [-0.15, -0.1) is 0 Å². The Morgan fingerprint density at radius 3 is 2.78 bits per heavy atom. The van der Waals surface area contributed by atoms with Crippen LogP contribution in [0.15, 0.2) is 18.2 Å². The molecule has 0 aromatic heterocycles. The van der Waals surface area contributed by atoms with E-state index in [0.717, 1.165) is 31.5 Å². The highest BCUT2D eigenvalue weighted by Gasteiger charge is 2.28. The van der Waals surface area contributed by atoms with E-state index in [4.69, 9.17) is 11.5 Å². The quantitative estimate of drug-likeness (QED) is 0.680. The van der Waals surface area contributed by atoms with Crippen molar-refractivity contribution < 1.29 is 4.79 Å². The number of carbonyl (C=O) groups is 1. The molecule has 0 radical (unpaired) electrons. The van der Waals surface area contributed by atoms with Gasteiger partial charge in [0.05, 0.1) is 11.4 Å². The second kappa shape index (κ2) is 5.16. The molecular formula is C13H20N4O. The molecule has 1 amide bonds. The largest absolute Gasteiger partial charge is 0.397 e. The van der Waals surface area contributed by atoms with Gasteiger partial charge in [0.15, 0.2) is 0 Å². The zero-order valence-corrected chi connectivity index (χ0v) is 10.6. The van der Waals surface area contributed by atoms with E-state index in [1.807, 2.05) is 12.1 Å². The number of anilines is 3. The van der Waals surface area contributed by atoms with Gasteiger partial charge in [-0.25, -0.2) is 0 Å². The molecule has 1 unspecified atom stereocenters. The lowest BCUT2D eigenvalue weighted by atomic mass is 10.00. The molecule has 1 aromatic carbocycles. The van der Waals surface area contributed by atoms with Gasteiger partial charge < -0.3 is 21.7 Å². The number of nitrogens with two attached hydrogens (primary N) is 2. The average molecular weight is 248 g/mol. The molecule has 0 bridgehead atoms. The van der Waals surface area contributed by atoms with Crippen LogP contribution in [-0.2, 0) is 4.79 Å². The molecule has 0 spiro atoms. The van der Waals surface area contributed by atoms with Crippen molar-refractivity contribution in [3.8, 4) is 0 Å². The number of carbonyl (C=O) groups excluding carboxylic acids is 1. The van der Waals surface area contributed by atoms with Crippen LogP contribution in [0.3, 0.4) is 0 Å². The molecular weight excluding hydrogens is 228 g/mol. The zero-order valence-electron chi connectivity index (χ0n) is 10.6. The van der Waals surface area contributed by atoms with Crippen molar-refractivity contribution in [2.75, 3.05) is 30.0 Å². The Morgan fingerprint density at radius 2 is 2.11 bits per heavy atom. The predicted molar refractivity (Wildman–Crippen MR) is 74.3 cm³/mol. The first-order valence-corrected chi connectivity index (χ1v) is 6.26. The highest BCUT2D eigenvalue weighted by molar-refractivity contribution is 5.85. The topological polar surface area (TPSA) is 84.4 Å². The summed E-state index contributed by atoms with van der Waals surface area (Å²) in [6, 6.07) is 5.45. The second-order valence-corrected chi connectivity index (χ2v) is 4.63. The zero-order chi connectivity index (χ0) is 13.1. The maximum absolute atomic E-state index is 11.9. The summed E-state index contributed by atoms with van der Waals surface area (Å²) in [7, 11) is 1.67. The van der Waals surface area contributed by atoms with Crippen LogP contribution in [0.4, 0.5) is 17.1 Å². The number of rotatable bonds is 2. The summed E-state index contributed by atoms with van der Waals surface area (Å²) < 4.78 is 0. The Labute approximate surface area is 107 Å². The minimum Gasteiger partial charge on any atom is -0.397 e. The fourth-order valence-corrected chi connectivity index (χ4v) is 2.42. The molecule has 5 N–H and O–H groups in total. The number of amides is 1. The maximum atomic E-state index is 11.9. The van der Waals surface area contributed by atoms with Crippen LogP contribution in [0.2, 0.25) is 0 Å². The molecule has 1 heterocycles. The highest BCUT2D eigenvalue weighted by atomic mass is 16.2. The van der Waals surface area contributed by atoms with E-state index in [1.165, 1.54) is 0 Å². The normalized spacial score (nSPS) is 19.6. The lowest BCUT2D eigenvalue weighted by molar-refractivity contribution is -0.122. The fourth-order valence-electron chi connectivity index (χ4n) is 2.42. The van der Waals surface area contributed by atoms with Gasteiger partial charge in [-0.3, -0.25) is 4.79 Å². The van der Waals surface area contributed by atoms with Gasteiger partial charge in [-0.2, -0.15) is 0 Å². The third-order valence-electron chi connectivity index (χ3n) is 3.45. The van der Waals surface area contributed by atoms with Crippen LogP contribution in [0.1, 0.15) is 19.3 Å². The minimum absolute atomic E-state index is 0.0603. The standard InChI is InChI=1S/C13H20N4O/c1-16-13(18)12-4-2-3-7-17(12)9-5-6-10(14)11(15)8-9/h5-6,8,12H,2-4,7,14-15H2,1H3,(H,16,18). The molecule has 18 heavy (non-hydrogen) atoms. The van der Waals surface area contributed by atoms with Crippen molar-refractivity contribution in [3.63, 3.8) is 0 Å². The Kier molecular flexibility index (Phi) is 3.60. The van der Waals surface area contributed by atoms with E-state index in [2.05, 4.69) is 10.2 Å². The van der Waals surface area contributed by atoms with Crippen molar-refractivity contribution >= 4 is 23.0 Å². The summed E-state index contributed by atoms with van der Waals surface area (Å²) in [6.45, 7) is 0.876. The van der Waals surface area contributed by atoms with Gasteiger partial charge in [0.2, 0.25) is 5.91 Å². The molecule has 1 fully saturated rings. The van der Waals surface area contributed by atoms with E-state index in [-0.39, 0.29) is 11.9 Å². The molecule has 2 rings (SSSR count). The minimum atomic E-state index is -0.105. The van der Waals surface area contributed by atoms with Crippen LogP contribution < -0.4 is 21.7 Å². The molecule has 5 nitrogen and oxygen atoms in total. The number of benzene rings is 1. The smallest absolute Gasteiger partial charge is 0.242 e. The van der Waals surface area contributed by atoms with Gasteiger partial charge >= 0.3 is 0 Å². The van der Waals surface area contributed by atoms with Crippen molar-refractivity contribution in [1.82, 2.24) is 5.32 Å². The molecule has 98 valence electrons. The highest BCUT2D eigenvalue weighted by Crippen LogP contribution is 2.28. The van der Waals surface area contributed by atoms with Crippen LogP contribution in [0, 0.1) is 0 Å². The molecule has 0 aliphatic carbocycles. The number of likely N-dealkylation sites (N-methyl/N-ethyl adjacent to an activating group) is 1. The second-order valence-electron chi connectivity index (χ2n) is 4.63. The van der Waals surface area contributed by atoms with Crippen LogP contribution in [-0.4, -0.2) is 25.5 Å². The van der Waals surface area contributed by atoms with Crippen LogP contribution >= 0.6 is 0 Å². The predicted octanol–water partition coefficient (Wildman–Crippen LogP) is 0.956. The first kappa shape index (κ1) is 12.5. The number of nitrogens with zero attached hydrogens (tertiary/aromatic N) is 1. The number of hydrogen-bond donors (Lipinski definition) is 3. The first-order chi connectivity index (χ1) is 8.63.